The van der Waals surface area contributed by atoms with Crippen LogP contribution >= 0.6 is 11.6 Å². The third-order valence-electron chi connectivity index (χ3n) is 0. The minimum Gasteiger partial charge on any atom is -0.269 e. The van der Waals surface area contributed by atoms with Gasteiger partial charge in [-0.3, -0.25) is 4.70 Å². The highest BCUT2D eigenvalue weighted by Gasteiger charge is 1.38. The van der Waals surface area contributed by atoms with Gasteiger partial charge in [0.1, 0.15) is 0 Å². The van der Waals surface area contributed by atoms with Crippen molar-refractivity contribution in [2.45, 2.75) is 6.92 Å². The highest BCUT2D eigenvalue weighted by Crippen LogP contribution is 1.59. The molecule has 0 heterocycles. The second-order valence-corrected chi connectivity index (χ2v) is 0.802. The Bertz CT molecular complexity index is 6.00. The van der Waals surface area contributed by atoms with Crippen molar-refractivity contribution in [3.8, 4) is 0 Å². The van der Waals surface area contributed by atoms with E-state index in [1.807, 2.05) is 6.92 Å². The SMILES string of the molecule is CCCl.F. The predicted molar refractivity (Wildman–Crippen MR) is 18.9 cm³/mol. The van der Waals surface area contributed by atoms with Crippen molar-refractivity contribution in [2.24, 2.45) is 0 Å². The number of hydrogen-bond acceptors (Lipinski definition) is 0. The zero-order chi connectivity index (χ0) is 2.71. The Morgan fingerprint density at radius 2 is 1.75 bits per heavy atom. The van der Waals surface area contributed by atoms with Crippen molar-refractivity contribution in [3.63, 3.8) is 0 Å². The predicted octanol–water partition coefficient (Wildman–Crippen LogP) is 1.40. The summed E-state index contributed by atoms with van der Waals surface area (Å²) in [6.07, 6.45) is 0. The summed E-state index contributed by atoms with van der Waals surface area (Å²) in [4.78, 5) is 0. The van der Waals surface area contributed by atoms with Crippen molar-refractivity contribution in [1.29, 1.82) is 0 Å². The van der Waals surface area contributed by atoms with E-state index in [0.29, 0.717) is 0 Å². The minimum absolute atomic E-state index is 0. The zero-order valence-electron chi connectivity index (χ0n) is 2.49. The average Bonchev–Trinajstić information content (AvgIpc) is 0.918. The molecule has 0 saturated heterocycles. The first kappa shape index (κ1) is 8.88. The lowest BCUT2D eigenvalue weighted by Gasteiger charge is -1.45. The van der Waals surface area contributed by atoms with Crippen LogP contribution in [0.25, 0.3) is 0 Å². The lowest BCUT2D eigenvalue weighted by molar-refractivity contribution is 1.11. The van der Waals surface area contributed by atoms with Gasteiger partial charge in [0.25, 0.3) is 0 Å². The van der Waals surface area contributed by atoms with Gasteiger partial charge in [-0.1, -0.05) is 6.92 Å². The summed E-state index contributed by atoms with van der Waals surface area (Å²) in [5.41, 5.74) is 0. The monoisotopic (exact) mass is 84.0 g/mol. The van der Waals surface area contributed by atoms with Gasteiger partial charge in [-0.15, -0.1) is 11.6 Å². The summed E-state index contributed by atoms with van der Waals surface area (Å²) in [5.74, 6) is 0.722. The van der Waals surface area contributed by atoms with Gasteiger partial charge in [0.05, 0.1) is 0 Å². The van der Waals surface area contributed by atoms with Gasteiger partial charge in [0.15, 0.2) is 0 Å². The third-order valence-corrected chi connectivity index (χ3v) is 0. The molecule has 0 aliphatic heterocycles. The molecular formula is C2H6ClF. The molecule has 0 nitrogen and oxygen atoms in total. The number of alkyl halides is 1. The lowest BCUT2D eigenvalue weighted by atomic mass is 11.0. The van der Waals surface area contributed by atoms with Crippen molar-refractivity contribution < 1.29 is 4.70 Å². The van der Waals surface area contributed by atoms with Gasteiger partial charge in [-0.2, -0.15) is 0 Å². The van der Waals surface area contributed by atoms with E-state index in [9.17, 15) is 0 Å². The fourth-order valence-corrected chi connectivity index (χ4v) is 0. The topological polar surface area (TPSA) is 0 Å². The Hall–Kier alpha value is 0.220. The fraction of sp³-hybridized carbons (Fsp3) is 1.00. The van der Waals surface area contributed by atoms with Gasteiger partial charge in [0.2, 0.25) is 0 Å². The quantitative estimate of drug-likeness (QED) is 0.389. The summed E-state index contributed by atoms with van der Waals surface area (Å²) < 4.78 is 0. The Balaban J connectivity index is 0. The maximum Gasteiger partial charge on any atom is 0.0195 e. The molecule has 4 heavy (non-hydrogen) atoms. The van der Waals surface area contributed by atoms with Crippen LogP contribution < -0.4 is 0 Å². The van der Waals surface area contributed by atoms with Crippen LogP contribution in [0.4, 0.5) is 4.70 Å². The van der Waals surface area contributed by atoms with Crippen LogP contribution in [0.3, 0.4) is 0 Å². The number of hydrogen-bond donors (Lipinski definition) is 0. The van der Waals surface area contributed by atoms with E-state index < -0.39 is 0 Å². The summed E-state index contributed by atoms with van der Waals surface area (Å²) in [6, 6.07) is 0. The summed E-state index contributed by atoms with van der Waals surface area (Å²) >= 11 is 5.00. The zero-order valence-corrected chi connectivity index (χ0v) is 3.25. The van der Waals surface area contributed by atoms with Gasteiger partial charge in [-0.25, -0.2) is 0 Å². The highest BCUT2D eigenvalue weighted by atomic mass is 35.5. The second-order valence-electron chi connectivity index (χ2n) is 0.267. The van der Waals surface area contributed by atoms with Gasteiger partial charge in [0, 0.05) is 5.88 Å². The number of halogens is 2. The van der Waals surface area contributed by atoms with E-state index in [2.05, 4.69) is 0 Å². The first-order valence-corrected chi connectivity index (χ1v) is 1.51. The molecule has 0 amide bonds. The molecule has 28 valence electrons. The molecule has 0 aliphatic carbocycles. The molecule has 0 bridgehead atoms. The Labute approximate surface area is 30.1 Å². The van der Waals surface area contributed by atoms with E-state index in [1.54, 1.807) is 0 Å². The van der Waals surface area contributed by atoms with Crippen LogP contribution in [0.5, 0.6) is 0 Å². The molecule has 0 N–H and O–H groups in total. The molecule has 0 rings (SSSR count). The van der Waals surface area contributed by atoms with Crippen molar-refractivity contribution in [3.05, 3.63) is 0 Å². The molecule has 0 aromatic heterocycles. The third kappa shape index (κ3) is 68.3. The van der Waals surface area contributed by atoms with E-state index in [4.69, 9.17) is 11.6 Å². The normalized spacial score (nSPS) is 4.50. The largest absolute Gasteiger partial charge is 0.269 e. The van der Waals surface area contributed by atoms with Crippen molar-refractivity contribution in [2.75, 3.05) is 5.88 Å². The molecule has 0 unspecified atom stereocenters. The van der Waals surface area contributed by atoms with Crippen molar-refractivity contribution >= 4 is 11.6 Å². The molecule has 0 atom stereocenters. The molecule has 0 aromatic rings. The summed E-state index contributed by atoms with van der Waals surface area (Å²) in [6.45, 7) is 1.89. The minimum atomic E-state index is 0. The van der Waals surface area contributed by atoms with Gasteiger partial charge < -0.3 is 0 Å². The molecule has 0 fully saturated rings. The molecule has 0 saturated carbocycles. The number of rotatable bonds is 0. The Morgan fingerprint density at radius 3 is 1.75 bits per heavy atom. The second kappa shape index (κ2) is 10.7. The van der Waals surface area contributed by atoms with Crippen LogP contribution in [0.15, 0.2) is 0 Å². The van der Waals surface area contributed by atoms with E-state index in [0.717, 1.165) is 5.88 Å². The van der Waals surface area contributed by atoms with Crippen LogP contribution in [-0.4, -0.2) is 5.88 Å². The Kier molecular flexibility index (Phi) is 23.7. The van der Waals surface area contributed by atoms with Crippen LogP contribution in [0.1, 0.15) is 6.92 Å². The molecule has 0 aliphatic rings. The van der Waals surface area contributed by atoms with E-state index >= 15 is 0 Å². The molecule has 0 spiro atoms. The van der Waals surface area contributed by atoms with E-state index in [-0.39, 0.29) is 4.70 Å². The van der Waals surface area contributed by atoms with Crippen molar-refractivity contribution in [1.82, 2.24) is 0 Å². The van der Waals surface area contributed by atoms with Crippen LogP contribution in [-0.2, 0) is 0 Å². The lowest BCUT2D eigenvalue weighted by Crippen LogP contribution is -1.36. The smallest absolute Gasteiger partial charge is 0.0195 e. The maximum absolute atomic E-state index is 5.00. The van der Waals surface area contributed by atoms with Gasteiger partial charge in [-0.05, 0) is 0 Å². The Morgan fingerprint density at radius 1 is 1.75 bits per heavy atom. The molecule has 0 radical (unpaired) electrons. The average molecular weight is 84.5 g/mol. The fourth-order valence-electron chi connectivity index (χ4n) is 0. The molecular weight excluding hydrogens is 78.5 g/mol. The summed E-state index contributed by atoms with van der Waals surface area (Å²) in [5, 5.41) is 0. The highest BCUT2D eigenvalue weighted by molar-refractivity contribution is 6.17. The molecule has 2 heteroatoms. The first-order valence-electron chi connectivity index (χ1n) is 0.974. The van der Waals surface area contributed by atoms with Crippen LogP contribution in [0, 0.1) is 0 Å². The summed E-state index contributed by atoms with van der Waals surface area (Å²) in [7, 11) is 0. The maximum atomic E-state index is 5.00. The molecule has 0 aromatic carbocycles. The first-order chi connectivity index (χ1) is 1.41. The standard InChI is InChI=1S/C2H5Cl.FH/c1-2-3;/h2H2,1H3;1H. The van der Waals surface area contributed by atoms with E-state index in [1.165, 1.54) is 0 Å². The van der Waals surface area contributed by atoms with Gasteiger partial charge >= 0.3 is 0 Å². The van der Waals surface area contributed by atoms with Crippen LogP contribution in [0.2, 0.25) is 0 Å².